The summed E-state index contributed by atoms with van der Waals surface area (Å²) in [5.74, 6) is -0.300. The van der Waals surface area contributed by atoms with Gasteiger partial charge in [0.2, 0.25) is 0 Å². The molecule has 2 rings (SSSR count). The molecule has 0 radical (unpaired) electrons. The van der Waals surface area contributed by atoms with Crippen molar-refractivity contribution in [3.8, 4) is 0 Å². The third-order valence-corrected chi connectivity index (χ3v) is 2.53. The van der Waals surface area contributed by atoms with Gasteiger partial charge in [-0.25, -0.2) is 4.98 Å². The summed E-state index contributed by atoms with van der Waals surface area (Å²) in [6.45, 7) is 1.86. The van der Waals surface area contributed by atoms with Crippen LogP contribution in [0.4, 0.5) is 5.69 Å². The van der Waals surface area contributed by atoms with E-state index in [0.717, 1.165) is 5.69 Å². The molecule has 5 heteroatoms. The Labute approximate surface area is 105 Å². The van der Waals surface area contributed by atoms with Gasteiger partial charge >= 0.3 is 0 Å². The first-order valence-electron chi connectivity index (χ1n) is 5.61. The van der Waals surface area contributed by atoms with Crippen LogP contribution < -0.4 is 11.1 Å². The quantitative estimate of drug-likeness (QED) is 0.855. The van der Waals surface area contributed by atoms with Gasteiger partial charge in [-0.2, -0.15) is 0 Å². The van der Waals surface area contributed by atoms with Crippen LogP contribution in [0.25, 0.3) is 0 Å². The molecular formula is C13H14N4O. The Morgan fingerprint density at radius 3 is 2.67 bits per heavy atom. The van der Waals surface area contributed by atoms with Gasteiger partial charge in [0.1, 0.15) is 0 Å². The first-order valence-corrected chi connectivity index (χ1v) is 5.61. The number of hydrogen-bond acceptors (Lipinski definition) is 4. The largest absolute Gasteiger partial charge is 0.397 e. The molecular weight excluding hydrogens is 228 g/mol. The first kappa shape index (κ1) is 12.0. The van der Waals surface area contributed by atoms with Gasteiger partial charge in [-0.15, -0.1) is 0 Å². The molecule has 0 saturated carbocycles. The molecule has 2 aromatic heterocycles. The van der Waals surface area contributed by atoms with E-state index in [0.29, 0.717) is 5.69 Å². The van der Waals surface area contributed by atoms with E-state index in [4.69, 9.17) is 5.73 Å². The van der Waals surface area contributed by atoms with E-state index in [1.54, 1.807) is 18.3 Å². The number of pyridine rings is 2. The lowest BCUT2D eigenvalue weighted by molar-refractivity contribution is 0.0935. The fraction of sp³-hybridized carbons (Fsp3) is 0.154. The highest BCUT2D eigenvalue weighted by atomic mass is 16.1. The lowest BCUT2D eigenvalue weighted by Crippen LogP contribution is -2.28. The Bertz CT molecular complexity index is 542. The molecule has 0 fully saturated rings. The van der Waals surface area contributed by atoms with Crippen LogP contribution in [0, 0.1) is 0 Å². The maximum atomic E-state index is 12.0. The highest BCUT2D eigenvalue weighted by Crippen LogP contribution is 2.11. The summed E-state index contributed by atoms with van der Waals surface area (Å²) in [6, 6.07) is 8.70. The van der Waals surface area contributed by atoms with E-state index in [9.17, 15) is 4.79 Å². The van der Waals surface area contributed by atoms with E-state index >= 15 is 0 Å². The highest BCUT2D eigenvalue weighted by molar-refractivity contribution is 5.97. The summed E-state index contributed by atoms with van der Waals surface area (Å²) in [5.41, 5.74) is 7.09. The second-order valence-electron chi connectivity index (χ2n) is 3.89. The number of nitrogens with two attached hydrogens (primary N) is 1. The number of amides is 1. The van der Waals surface area contributed by atoms with Crippen LogP contribution in [-0.2, 0) is 0 Å². The Morgan fingerprint density at radius 2 is 2.00 bits per heavy atom. The van der Waals surface area contributed by atoms with Crippen molar-refractivity contribution in [3.05, 3.63) is 54.1 Å². The number of anilines is 1. The number of carbonyl (C=O) groups excluding carboxylic acids is 1. The van der Waals surface area contributed by atoms with E-state index in [1.165, 1.54) is 6.20 Å². The molecule has 3 N–H and O–H groups in total. The van der Waals surface area contributed by atoms with E-state index in [-0.39, 0.29) is 17.6 Å². The molecule has 1 amide bonds. The standard InChI is InChI=1S/C13H14N4O/c1-9(11-6-2-3-7-15-11)17-13(18)12-10(14)5-4-8-16-12/h2-9H,14H2,1H3,(H,17,18)/t9-/m0/s1. The molecule has 0 unspecified atom stereocenters. The maximum absolute atomic E-state index is 12.0. The van der Waals surface area contributed by atoms with Gasteiger partial charge in [0.15, 0.2) is 5.69 Å². The molecule has 0 saturated heterocycles. The third-order valence-electron chi connectivity index (χ3n) is 2.53. The Balaban J connectivity index is 2.11. The number of nitrogens with zero attached hydrogens (tertiary/aromatic N) is 2. The third kappa shape index (κ3) is 2.63. The van der Waals surface area contributed by atoms with Crippen molar-refractivity contribution in [2.75, 3.05) is 5.73 Å². The molecule has 0 aromatic carbocycles. The smallest absolute Gasteiger partial charge is 0.272 e. The van der Waals surface area contributed by atoms with Crippen molar-refractivity contribution in [2.45, 2.75) is 13.0 Å². The predicted octanol–water partition coefficient (Wildman–Crippen LogP) is 1.55. The maximum Gasteiger partial charge on any atom is 0.272 e. The number of rotatable bonds is 3. The summed E-state index contributed by atoms with van der Waals surface area (Å²) < 4.78 is 0. The minimum absolute atomic E-state index is 0.194. The molecule has 0 spiro atoms. The van der Waals surface area contributed by atoms with Gasteiger partial charge in [0, 0.05) is 12.4 Å². The summed E-state index contributed by atoms with van der Waals surface area (Å²) >= 11 is 0. The van der Waals surface area contributed by atoms with Crippen LogP contribution in [-0.4, -0.2) is 15.9 Å². The number of hydrogen-bond donors (Lipinski definition) is 2. The van der Waals surface area contributed by atoms with Gasteiger partial charge < -0.3 is 11.1 Å². The van der Waals surface area contributed by atoms with Crippen molar-refractivity contribution in [1.82, 2.24) is 15.3 Å². The SMILES string of the molecule is C[C@H](NC(=O)c1ncccc1N)c1ccccn1. The van der Waals surface area contributed by atoms with Gasteiger partial charge in [0.25, 0.3) is 5.91 Å². The molecule has 0 aliphatic heterocycles. The topological polar surface area (TPSA) is 80.9 Å². The van der Waals surface area contributed by atoms with Crippen molar-refractivity contribution in [2.24, 2.45) is 0 Å². The molecule has 18 heavy (non-hydrogen) atoms. The van der Waals surface area contributed by atoms with Gasteiger partial charge in [-0.3, -0.25) is 9.78 Å². The second kappa shape index (κ2) is 5.27. The van der Waals surface area contributed by atoms with Crippen LogP contribution in [0.1, 0.15) is 29.1 Å². The average molecular weight is 242 g/mol. The number of aromatic nitrogens is 2. The second-order valence-corrected chi connectivity index (χ2v) is 3.89. The summed E-state index contributed by atoms with van der Waals surface area (Å²) in [6.07, 6.45) is 3.23. The van der Waals surface area contributed by atoms with E-state index in [2.05, 4.69) is 15.3 Å². The van der Waals surface area contributed by atoms with E-state index < -0.39 is 0 Å². The van der Waals surface area contributed by atoms with Crippen LogP contribution in [0.3, 0.4) is 0 Å². The fourth-order valence-corrected chi connectivity index (χ4v) is 1.58. The van der Waals surface area contributed by atoms with Crippen molar-refractivity contribution in [1.29, 1.82) is 0 Å². The number of nitrogen functional groups attached to an aromatic ring is 1. The fourth-order valence-electron chi connectivity index (χ4n) is 1.58. The van der Waals surface area contributed by atoms with Gasteiger partial charge in [0.05, 0.1) is 17.4 Å². The minimum Gasteiger partial charge on any atom is -0.397 e. The van der Waals surface area contributed by atoms with Crippen LogP contribution >= 0.6 is 0 Å². The Hall–Kier alpha value is -2.43. The Morgan fingerprint density at radius 1 is 1.22 bits per heavy atom. The molecule has 0 aliphatic carbocycles. The first-order chi connectivity index (χ1) is 8.68. The van der Waals surface area contributed by atoms with Crippen molar-refractivity contribution in [3.63, 3.8) is 0 Å². The zero-order valence-electron chi connectivity index (χ0n) is 10.00. The zero-order chi connectivity index (χ0) is 13.0. The molecule has 1 atom stereocenters. The molecule has 2 heterocycles. The van der Waals surface area contributed by atoms with Gasteiger partial charge in [-0.05, 0) is 31.2 Å². The summed E-state index contributed by atoms with van der Waals surface area (Å²) in [5, 5.41) is 2.81. The lowest BCUT2D eigenvalue weighted by Gasteiger charge is -2.13. The molecule has 0 bridgehead atoms. The zero-order valence-corrected chi connectivity index (χ0v) is 10.00. The molecule has 0 aliphatic rings. The van der Waals surface area contributed by atoms with Crippen LogP contribution in [0.15, 0.2) is 42.7 Å². The summed E-state index contributed by atoms with van der Waals surface area (Å²) in [4.78, 5) is 20.1. The Kier molecular flexibility index (Phi) is 3.52. The molecule has 92 valence electrons. The molecule has 2 aromatic rings. The monoisotopic (exact) mass is 242 g/mol. The van der Waals surface area contributed by atoms with Gasteiger partial charge in [-0.1, -0.05) is 6.07 Å². The summed E-state index contributed by atoms with van der Waals surface area (Å²) in [7, 11) is 0. The van der Waals surface area contributed by atoms with Crippen LogP contribution in [0.2, 0.25) is 0 Å². The average Bonchev–Trinajstić information content (AvgIpc) is 2.40. The highest BCUT2D eigenvalue weighted by Gasteiger charge is 2.15. The minimum atomic E-state index is -0.300. The lowest BCUT2D eigenvalue weighted by atomic mass is 10.2. The van der Waals surface area contributed by atoms with Crippen molar-refractivity contribution < 1.29 is 4.79 Å². The normalized spacial score (nSPS) is 11.8. The molecule has 5 nitrogen and oxygen atoms in total. The predicted molar refractivity (Wildman–Crippen MR) is 68.8 cm³/mol. The van der Waals surface area contributed by atoms with Crippen LogP contribution in [0.5, 0.6) is 0 Å². The van der Waals surface area contributed by atoms with E-state index in [1.807, 2.05) is 25.1 Å². The number of nitrogens with one attached hydrogen (secondary N) is 1. The number of carbonyl (C=O) groups is 1. The van der Waals surface area contributed by atoms with Crippen molar-refractivity contribution >= 4 is 11.6 Å².